The highest BCUT2D eigenvalue weighted by atomic mass is 14.5. The summed E-state index contributed by atoms with van der Waals surface area (Å²) < 4.78 is 0. The highest BCUT2D eigenvalue weighted by molar-refractivity contribution is 5.90. The second kappa shape index (κ2) is 17.8. The van der Waals surface area contributed by atoms with Crippen molar-refractivity contribution in [3.63, 3.8) is 0 Å². The number of hydrogen-bond donors (Lipinski definition) is 0. The van der Waals surface area contributed by atoms with Gasteiger partial charge in [0.1, 0.15) is 0 Å². The first-order valence-electron chi connectivity index (χ1n) is 13.8. The maximum Gasteiger partial charge on any atom is 0.0673 e. The molecule has 192 valence electrons. The van der Waals surface area contributed by atoms with Gasteiger partial charge in [0.25, 0.3) is 0 Å². The fourth-order valence-electron chi connectivity index (χ4n) is 5.09. The van der Waals surface area contributed by atoms with Crippen LogP contribution in [0.15, 0.2) is 96.1 Å². The Labute approximate surface area is 218 Å². The molecule has 0 saturated heterocycles. The fourth-order valence-corrected chi connectivity index (χ4v) is 5.09. The Bertz CT molecular complexity index is 953. The van der Waals surface area contributed by atoms with Gasteiger partial charge in [-0.1, -0.05) is 148 Å². The van der Waals surface area contributed by atoms with Gasteiger partial charge in [-0.05, 0) is 65.5 Å². The molecule has 3 aliphatic carbocycles. The van der Waals surface area contributed by atoms with Crippen LogP contribution in [0.25, 0.3) is 5.57 Å². The molecule has 0 spiro atoms. The normalized spacial score (nSPS) is 18.6. The van der Waals surface area contributed by atoms with Crippen LogP contribution in [0.2, 0.25) is 0 Å². The highest BCUT2D eigenvalue weighted by Gasteiger charge is 2.47. The van der Waals surface area contributed by atoms with Crippen molar-refractivity contribution in [3.05, 3.63) is 113 Å². The summed E-state index contributed by atoms with van der Waals surface area (Å²) in [6.07, 6.45) is 17.8. The van der Waals surface area contributed by atoms with Crippen molar-refractivity contribution in [2.45, 2.75) is 100 Å². The second-order valence-corrected chi connectivity index (χ2v) is 7.49. The standard InChI is InChI=1S/C26H24.4C2H6.CH4/c1-4-12-20(13-5-1)26(21-14-6-2-7-15-21)24-18-9-3-8-16-22(24)23-17-10-11-19-25(23)26;4*1-2;/h1,4-6,8,10-17,19H,2-3,7,9,18H2;4*1-2H3;1H4. The van der Waals surface area contributed by atoms with E-state index in [-0.39, 0.29) is 12.8 Å². The summed E-state index contributed by atoms with van der Waals surface area (Å²) in [6, 6.07) is 20.2. The monoisotopic (exact) mass is 472 g/mol. The Balaban J connectivity index is 0.00000117. The van der Waals surface area contributed by atoms with Crippen LogP contribution < -0.4 is 0 Å². The quantitative estimate of drug-likeness (QED) is 0.407. The zero-order chi connectivity index (χ0) is 25.4. The van der Waals surface area contributed by atoms with Gasteiger partial charge in [0, 0.05) is 0 Å². The van der Waals surface area contributed by atoms with Crippen molar-refractivity contribution in [2.75, 3.05) is 0 Å². The van der Waals surface area contributed by atoms with E-state index in [0.717, 1.165) is 19.3 Å². The topological polar surface area (TPSA) is 0 Å². The number of fused-ring (bicyclic) bond motifs is 2. The summed E-state index contributed by atoms with van der Waals surface area (Å²) in [5.74, 6) is 0. The van der Waals surface area contributed by atoms with Gasteiger partial charge in [-0.15, -0.1) is 0 Å². The van der Waals surface area contributed by atoms with Crippen molar-refractivity contribution in [3.8, 4) is 0 Å². The molecule has 3 aliphatic rings. The van der Waals surface area contributed by atoms with E-state index in [1.54, 1.807) is 5.57 Å². The molecule has 0 amide bonds. The lowest BCUT2D eigenvalue weighted by Crippen LogP contribution is -2.31. The van der Waals surface area contributed by atoms with Crippen molar-refractivity contribution in [1.82, 2.24) is 0 Å². The lowest BCUT2D eigenvalue weighted by molar-refractivity contribution is 0.670. The SMILES string of the molecule is C.C1=CC(C2(c3ccccc3)C3=C(C=CCCC3)c3ccccc32)=CCC1.CC.CC.CC.CC. The first-order chi connectivity index (χ1) is 16.9. The number of hydrogen-bond acceptors (Lipinski definition) is 0. The molecule has 0 nitrogen and oxygen atoms in total. The highest BCUT2D eigenvalue weighted by Crippen LogP contribution is 2.57. The molecule has 2 aromatic carbocycles. The molecule has 5 rings (SSSR count). The first kappa shape index (κ1) is 32.4. The molecular weight excluding hydrogens is 420 g/mol. The third kappa shape index (κ3) is 6.54. The average Bonchev–Trinajstić information content (AvgIpc) is 3.07. The van der Waals surface area contributed by atoms with Crippen LogP contribution in [0.4, 0.5) is 0 Å². The summed E-state index contributed by atoms with van der Waals surface area (Å²) in [5.41, 5.74) is 8.68. The van der Waals surface area contributed by atoms with Crippen molar-refractivity contribution >= 4 is 5.57 Å². The fraction of sp³-hybridized carbons (Fsp3) is 0.429. The van der Waals surface area contributed by atoms with E-state index >= 15 is 0 Å². The van der Waals surface area contributed by atoms with E-state index in [0.29, 0.717) is 0 Å². The molecule has 1 atom stereocenters. The Kier molecular flexibility index (Phi) is 16.5. The lowest BCUT2D eigenvalue weighted by atomic mass is 9.64. The Morgan fingerprint density at radius 3 is 1.86 bits per heavy atom. The Morgan fingerprint density at radius 2 is 1.23 bits per heavy atom. The van der Waals surface area contributed by atoms with Gasteiger partial charge in [0.2, 0.25) is 0 Å². The smallest absolute Gasteiger partial charge is 0.0673 e. The van der Waals surface area contributed by atoms with Gasteiger partial charge in [-0.3, -0.25) is 0 Å². The molecule has 0 fully saturated rings. The van der Waals surface area contributed by atoms with Gasteiger partial charge < -0.3 is 0 Å². The Hall–Kier alpha value is -2.60. The molecule has 2 aromatic rings. The van der Waals surface area contributed by atoms with E-state index in [1.807, 2.05) is 55.4 Å². The minimum absolute atomic E-state index is 0. The molecule has 0 saturated carbocycles. The zero-order valence-corrected chi connectivity index (χ0v) is 23.1. The van der Waals surface area contributed by atoms with Gasteiger partial charge in [0.05, 0.1) is 5.41 Å². The third-order valence-corrected chi connectivity index (χ3v) is 6.12. The van der Waals surface area contributed by atoms with Crippen molar-refractivity contribution in [1.29, 1.82) is 0 Å². The number of allylic oxidation sites excluding steroid dienone is 8. The van der Waals surface area contributed by atoms with E-state index in [9.17, 15) is 0 Å². The zero-order valence-electron chi connectivity index (χ0n) is 23.1. The summed E-state index contributed by atoms with van der Waals surface area (Å²) in [5, 5.41) is 0. The van der Waals surface area contributed by atoms with Crippen LogP contribution >= 0.6 is 0 Å². The van der Waals surface area contributed by atoms with Crippen LogP contribution in [0, 0.1) is 0 Å². The minimum atomic E-state index is -0.126. The number of benzene rings is 2. The van der Waals surface area contributed by atoms with Gasteiger partial charge >= 0.3 is 0 Å². The maximum atomic E-state index is 2.48. The van der Waals surface area contributed by atoms with E-state index < -0.39 is 0 Å². The Morgan fingerprint density at radius 1 is 0.629 bits per heavy atom. The van der Waals surface area contributed by atoms with E-state index in [4.69, 9.17) is 0 Å². The molecule has 0 heterocycles. The maximum absolute atomic E-state index is 2.48. The first-order valence-corrected chi connectivity index (χ1v) is 13.8. The predicted molar refractivity (Wildman–Crippen MR) is 162 cm³/mol. The van der Waals surface area contributed by atoms with E-state index in [1.165, 1.54) is 40.7 Å². The molecular formula is C35H52. The molecule has 0 heteroatoms. The van der Waals surface area contributed by atoms with Crippen molar-refractivity contribution < 1.29 is 0 Å². The predicted octanol–water partition coefficient (Wildman–Crippen LogP) is 11.5. The van der Waals surface area contributed by atoms with Crippen LogP contribution in [0.3, 0.4) is 0 Å². The number of rotatable bonds is 2. The van der Waals surface area contributed by atoms with Gasteiger partial charge in [0.15, 0.2) is 0 Å². The summed E-state index contributed by atoms with van der Waals surface area (Å²) in [4.78, 5) is 0. The summed E-state index contributed by atoms with van der Waals surface area (Å²) >= 11 is 0. The van der Waals surface area contributed by atoms with E-state index in [2.05, 4.69) is 85.0 Å². The van der Waals surface area contributed by atoms with Crippen LogP contribution in [-0.2, 0) is 5.41 Å². The molecule has 0 bridgehead atoms. The molecule has 0 N–H and O–H groups in total. The minimum Gasteiger partial charge on any atom is -0.0839 e. The molecule has 0 aliphatic heterocycles. The molecule has 0 radical (unpaired) electrons. The summed E-state index contributed by atoms with van der Waals surface area (Å²) in [6.45, 7) is 16.0. The molecule has 35 heavy (non-hydrogen) atoms. The summed E-state index contributed by atoms with van der Waals surface area (Å²) in [7, 11) is 0. The second-order valence-electron chi connectivity index (χ2n) is 7.49. The van der Waals surface area contributed by atoms with Crippen LogP contribution in [0.1, 0.15) is 112 Å². The molecule has 1 unspecified atom stereocenters. The largest absolute Gasteiger partial charge is 0.0839 e. The van der Waals surface area contributed by atoms with Gasteiger partial charge in [-0.25, -0.2) is 0 Å². The average molecular weight is 473 g/mol. The molecule has 0 aromatic heterocycles. The van der Waals surface area contributed by atoms with Crippen molar-refractivity contribution in [2.24, 2.45) is 0 Å². The lowest BCUT2D eigenvalue weighted by Gasteiger charge is -2.37. The van der Waals surface area contributed by atoms with Gasteiger partial charge in [-0.2, -0.15) is 0 Å². The van der Waals surface area contributed by atoms with Crippen LogP contribution in [0.5, 0.6) is 0 Å². The third-order valence-electron chi connectivity index (χ3n) is 6.12. The van der Waals surface area contributed by atoms with Crippen LogP contribution in [-0.4, -0.2) is 0 Å².